The molecule has 0 spiro atoms. The van der Waals surface area contributed by atoms with E-state index in [1.165, 1.54) is 0 Å². The van der Waals surface area contributed by atoms with E-state index < -0.39 is 24.0 Å². The SMILES string of the molecule is CCn1c2ccccc2c2cc(CN3C[C@@H](C(F)(F)F)[C@H](C(=O)O)C3)ccc21. The number of carboxylic acids is 1. The molecule has 1 aliphatic rings. The smallest absolute Gasteiger partial charge is 0.393 e. The van der Waals surface area contributed by atoms with E-state index in [0.29, 0.717) is 6.54 Å². The first-order valence-electron chi connectivity index (χ1n) is 9.31. The minimum Gasteiger partial charge on any atom is -0.481 e. The Balaban J connectivity index is 1.66. The first-order valence-corrected chi connectivity index (χ1v) is 9.31. The maximum Gasteiger partial charge on any atom is 0.393 e. The molecule has 28 heavy (non-hydrogen) atoms. The third-order valence-corrected chi connectivity index (χ3v) is 5.69. The number of nitrogens with zero attached hydrogens (tertiary/aromatic N) is 2. The first kappa shape index (κ1) is 18.8. The lowest BCUT2D eigenvalue weighted by molar-refractivity contribution is -0.188. The number of aryl methyl sites for hydroxylation is 1. The van der Waals surface area contributed by atoms with Gasteiger partial charge < -0.3 is 9.67 Å². The van der Waals surface area contributed by atoms with E-state index in [1.54, 1.807) is 4.90 Å². The highest BCUT2D eigenvalue weighted by Gasteiger charge is 2.52. The summed E-state index contributed by atoms with van der Waals surface area (Å²) in [4.78, 5) is 12.9. The van der Waals surface area contributed by atoms with Gasteiger partial charge in [0.2, 0.25) is 0 Å². The fraction of sp³-hybridized carbons (Fsp3) is 0.381. The van der Waals surface area contributed by atoms with E-state index in [2.05, 4.69) is 17.6 Å². The largest absolute Gasteiger partial charge is 0.481 e. The van der Waals surface area contributed by atoms with E-state index in [1.807, 2.05) is 36.4 Å². The molecule has 4 nitrogen and oxygen atoms in total. The number of aromatic nitrogens is 1. The normalized spacial score (nSPS) is 21.0. The average molecular weight is 390 g/mol. The molecule has 0 radical (unpaired) electrons. The Morgan fingerprint density at radius 1 is 1.11 bits per heavy atom. The van der Waals surface area contributed by atoms with Crippen molar-refractivity contribution in [3.8, 4) is 0 Å². The van der Waals surface area contributed by atoms with Crippen molar-refractivity contribution in [2.45, 2.75) is 26.2 Å². The summed E-state index contributed by atoms with van der Waals surface area (Å²) in [6, 6.07) is 14.0. The standard InChI is InChI=1S/C21H21F3N2O2/c1-2-26-18-6-4-3-5-14(18)15-9-13(7-8-19(15)26)10-25-11-16(20(27)28)17(12-25)21(22,23)24/h3-9,16-17H,2,10-12H2,1H3,(H,27,28)/t16-,17-/m1/s1. The zero-order chi connectivity index (χ0) is 20.1. The molecule has 1 aromatic heterocycles. The van der Waals surface area contributed by atoms with Gasteiger partial charge in [0, 0.05) is 48.0 Å². The molecule has 4 rings (SSSR count). The van der Waals surface area contributed by atoms with Crippen molar-refractivity contribution >= 4 is 27.8 Å². The van der Waals surface area contributed by atoms with Crippen molar-refractivity contribution in [3.63, 3.8) is 0 Å². The van der Waals surface area contributed by atoms with Crippen LogP contribution in [0.15, 0.2) is 42.5 Å². The van der Waals surface area contributed by atoms with Gasteiger partial charge in [-0.3, -0.25) is 9.69 Å². The summed E-state index contributed by atoms with van der Waals surface area (Å²) < 4.78 is 41.9. The van der Waals surface area contributed by atoms with Gasteiger partial charge in [-0.05, 0) is 30.7 Å². The fourth-order valence-corrected chi connectivity index (χ4v) is 4.39. The molecule has 2 aromatic carbocycles. The summed E-state index contributed by atoms with van der Waals surface area (Å²) in [5.41, 5.74) is 3.10. The van der Waals surface area contributed by atoms with Gasteiger partial charge in [-0.2, -0.15) is 13.2 Å². The van der Waals surface area contributed by atoms with Gasteiger partial charge in [-0.15, -0.1) is 0 Å². The van der Waals surface area contributed by atoms with E-state index in [9.17, 15) is 23.1 Å². The van der Waals surface area contributed by atoms with E-state index in [4.69, 9.17) is 0 Å². The number of rotatable bonds is 4. The Labute approximate surface area is 160 Å². The summed E-state index contributed by atoms with van der Waals surface area (Å²) in [6.45, 7) is 2.83. The molecule has 3 aromatic rings. The average Bonchev–Trinajstić information content (AvgIpc) is 3.21. The minimum atomic E-state index is -4.50. The molecule has 1 fully saturated rings. The summed E-state index contributed by atoms with van der Waals surface area (Å²) in [6.07, 6.45) is -4.50. The molecule has 1 aliphatic heterocycles. The van der Waals surface area contributed by atoms with E-state index in [0.717, 1.165) is 33.9 Å². The number of hydrogen-bond donors (Lipinski definition) is 1. The second kappa shape index (κ2) is 6.81. The lowest BCUT2D eigenvalue weighted by Gasteiger charge is -2.18. The quantitative estimate of drug-likeness (QED) is 0.713. The minimum absolute atomic E-state index is 0.0890. The highest BCUT2D eigenvalue weighted by atomic mass is 19.4. The van der Waals surface area contributed by atoms with E-state index >= 15 is 0 Å². The van der Waals surface area contributed by atoms with Crippen LogP contribution in [-0.2, 0) is 17.9 Å². The molecule has 2 atom stereocenters. The lowest BCUT2D eigenvalue weighted by atomic mass is 9.96. The number of carbonyl (C=O) groups is 1. The highest BCUT2D eigenvalue weighted by Crippen LogP contribution is 2.38. The van der Waals surface area contributed by atoms with Crippen LogP contribution in [0.3, 0.4) is 0 Å². The molecule has 0 bridgehead atoms. The number of hydrogen-bond acceptors (Lipinski definition) is 2. The zero-order valence-electron chi connectivity index (χ0n) is 15.4. The molecule has 0 aliphatic carbocycles. The van der Waals surface area contributed by atoms with Gasteiger partial charge >= 0.3 is 12.1 Å². The monoisotopic (exact) mass is 390 g/mol. The highest BCUT2D eigenvalue weighted by molar-refractivity contribution is 6.08. The van der Waals surface area contributed by atoms with Crippen LogP contribution in [-0.4, -0.2) is 39.8 Å². The first-order chi connectivity index (χ1) is 13.3. The van der Waals surface area contributed by atoms with Crippen molar-refractivity contribution in [2.24, 2.45) is 11.8 Å². The Kier molecular flexibility index (Phi) is 4.57. The predicted molar refractivity (Wildman–Crippen MR) is 101 cm³/mol. The molecular weight excluding hydrogens is 369 g/mol. The van der Waals surface area contributed by atoms with Crippen LogP contribution >= 0.6 is 0 Å². The van der Waals surface area contributed by atoms with Crippen molar-refractivity contribution < 1.29 is 23.1 Å². The van der Waals surface area contributed by atoms with Crippen LogP contribution in [0.25, 0.3) is 21.8 Å². The molecular formula is C21H21F3N2O2. The second-order valence-electron chi connectivity index (χ2n) is 7.40. The Morgan fingerprint density at radius 2 is 1.82 bits per heavy atom. The van der Waals surface area contributed by atoms with Crippen LogP contribution in [0.1, 0.15) is 12.5 Å². The summed E-state index contributed by atoms with van der Waals surface area (Å²) >= 11 is 0. The van der Waals surface area contributed by atoms with Crippen molar-refractivity contribution in [1.29, 1.82) is 0 Å². The molecule has 0 unspecified atom stereocenters. The maximum absolute atomic E-state index is 13.2. The molecule has 0 saturated carbocycles. The Bertz CT molecular complexity index is 1040. The number of alkyl halides is 3. The predicted octanol–water partition coefficient (Wildman–Crippen LogP) is 4.51. The van der Waals surface area contributed by atoms with Crippen LogP contribution in [0, 0.1) is 11.8 Å². The molecule has 7 heteroatoms. The van der Waals surface area contributed by atoms with Crippen LogP contribution in [0.4, 0.5) is 13.2 Å². The third kappa shape index (κ3) is 3.13. The third-order valence-electron chi connectivity index (χ3n) is 5.69. The fourth-order valence-electron chi connectivity index (χ4n) is 4.39. The molecule has 148 valence electrons. The number of likely N-dealkylation sites (tertiary alicyclic amines) is 1. The number of fused-ring (bicyclic) bond motifs is 3. The summed E-state index contributed by atoms with van der Waals surface area (Å²) in [7, 11) is 0. The van der Waals surface area contributed by atoms with Crippen LogP contribution in [0.2, 0.25) is 0 Å². The zero-order valence-corrected chi connectivity index (χ0v) is 15.4. The van der Waals surface area contributed by atoms with Crippen molar-refractivity contribution in [3.05, 3.63) is 48.0 Å². The maximum atomic E-state index is 13.2. The molecule has 1 N–H and O–H groups in total. The van der Waals surface area contributed by atoms with Gasteiger partial charge in [0.1, 0.15) is 0 Å². The van der Waals surface area contributed by atoms with Crippen molar-refractivity contribution in [2.75, 3.05) is 13.1 Å². The van der Waals surface area contributed by atoms with Gasteiger partial charge in [0.05, 0.1) is 11.8 Å². The van der Waals surface area contributed by atoms with Crippen molar-refractivity contribution in [1.82, 2.24) is 9.47 Å². The van der Waals surface area contributed by atoms with Gasteiger partial charge in [0.15, 0.2) is 0 Å². The topological polar surface area (TPSA) is 45.5 Å². The van der Waals surface area contributed by atoms with Gasteiger partial charge in [-0.25, -0.2) is 0 Å². The van der Waals surface area contributed by atoms with Crippen LogP contribution in [0.5, 0.6) is 0 Å². The summed E-state index contributed by atoms with van der Waals surface area (Å²) in [5, 5.41) is 11.4. The molecule has 1 saturated heterocycles. The number of para-hydroxylation sites is 1. The van der Waals surface area contributed by atoms with Gasteiger partial charge in [0.25, 0.3) is 0 Å². The number of halogens is 3. The second-order valence-corrected chi connectivity index (χ2v) is 7.40. The molecule has 2 heterocycles. The number of benzene rings is 2. The lowest BCUT2D eigenvalue weighted by Crippen LogP contribution is -2.33. The number of carboxylic acid groups (broad SMARTS) is 1. The number of aliphatic carboxylic acids is 1. The summed E-state index contributed by atoms with van der Waals surface area (Å²) in [5.74, 6) is -4.62. The molecule has 0 amide bonds. The van der Waals surface area contributed by atoms with Gasteiger partial charge in [-0.1, -0.05) is 24.3 Å². The van der Waals surface area contributed by atoms with E-state index in [-0.39, 0.29) is 13.1 Å². The Morgan fingerprint density at radius 3 is 2.46 bits per heavy atom. The Hall–Kier alpha value is -2.54. The van der Waals surface area contributed by atoms with Crippen LogP contribution < -0.4 is 0 Å².